The Labute approximate surface area is 63.1 Å². The fourth-order valence-electron chi connectivity index (χ4n) is 0.662. The maximum atomic E-state index is 10.7. The molecule has 0 saturated heterocycles. The van der Waals surface area contributed by atoms with Gasteiger partial charge >= 0.3 is 0 Å². The number of hydrogen-bond donors (Lipinski definition) is 0. The summed E-state index contributed by atoms with van der Waals surface area (Å²) in [6.07, 6.45) is 3.13. The molecule has 0 N–H and O–H groups in total. The smallest absolute Gasteiger partial charge is 0.155 e. The van der Waals surface area contributed by atoms with E-state index in [9.17, 15) is 4.79 Å². The van der Waals surface area contributed by atoms with Gasteiger partial charge in [-0.2, -0.15) is 0 Å². The molecule has 0 saturated carbocycles. The first-order chi connectivity index (χ1) is 4.57. The Kier molecular flexibility index (Phi) is 4.01. The van der Waals surface area contributed by atoms with Crippen molar-refractivity contribution in [2.75, 3.05) is 0 Å². The zero-order valence-corrected chi connectivity index (χ0v) is 7.27. The average molecular weight is 140 g/mol. The number of Topliss-reactive ketones (excluding diaryl/α,β-unsaturated/α-hetero) is 1. The zero-order chi connectivity index (χ0) is 8.15. The molecule has 0 amide bonds. The van der Waals surface area contributed by atoms with Gasteiger partial charge in [-0.25, -0.2) is 0 Å². The lowest BCUT2D eigenvalue weighted by Gasteiger charge is -2.01. The molecule has 0 rings (SSSR count). The van der Waals surface area contributed by atoms with Crippen LogP contribution in [0.3, 0.4) is 0 Å². The Morgan fingerprint density at radius 1 is 1.50 bits per heavy atom. The first kappa shape index (κ1) is 9.41. The molecule has 58 valence electrons. The van der Waals surface area contributed by atoms with E-state index in [4.69, 9.17) is 0 Å². The zero-order valence-electron chi connectivity index (χ0n) is 7.27. The van der Waals surface area contributed by atoms with Crippen molar-refractivity contribution in [3.05, 3.63) is 11.6 Å². The van der Waals surface area contributed by atoms with Crippen LogP contribution in [0.25, 0.3) is 0 Å². The maximum absolute atomic E-state index is 10.7. The Morgan fingerprint density at radius 2 is 2.00 bits per heavy atom. The molecule has 0 aliphatic carbocycles. The molecule has 0 aromatic carbocycles. The minimum absolute atomic E-state index is 0.181. The van der Waals surface area contributed by atoms with Crippen LogP contribution in [0, 0.1) is 5.92 Å². The van der Waals surface area contributed by atoms with Crippen molar-refractivity contribution in [2.45, 2.75) is 34.1 Å². The highest BCUT2D eigenvalue weighted by Gasteiger charge is 1.98. The molecular formula is C9H16O. The lowest BCUT2D eigenvalue weighted by molar-refractivity contribution is -0.113. The number of carbonyl (C=O) groups is 1. The van der Waals surface area contributed by atoms with E-state index in [-0.39, 0.29) is 5.78 Å². The van der Waals surface area contributed by atoms with Crippen LogP contribution in [-0.4, -0.2) is 5.78 Å². The van der Waals surface area contributed by atoms with E-state index in [1.54, 1.807) is 6.92 Å². The van der Waals surface area contributed by atoms with Gasteiger partial charge in [0, 0.05) is 0 Å². The summed E-state index contributed by atoms with van der Waals surface area (Å²) in [4.78, 5) is 10.7. The van der Waals surface area contributed by atoms with Gasteiger partial charge in [0.2, 0.25) is 0 Å². The maximum Gasteiger partial charge on any atom is 0.155 e. The summed E-state index contributed by atoms with van der Waals surface area (Å²) >= 11 is 0. The van der Waals surface area contributed by atoms with Gasteiger partial charge < -0.3 is 0 Å². The van der Waals surface area contributed by atoms with E-state index >= 15 is 0 Å². The minimum Gasteiger partial charge on any atom is -0.295 e. The van der Waals surface area contributed by atoms with Crippen molar-refractivity contribution in [3.8, 4) is 0 Å². The normalized spacial score (nSPS) is 15.0. The minimum atomic E-state index is 0.181. The summed E-state index contributed by atoms with van der Waals surface area (Å²) in [6.45, 7) is 7.71. The molecule has 0 spiro atoms. The standard InChI is InChI=1S/C9H16O/c1-5-7(2)6-8(3)9(4)10/h6-7H,5H2,1-4H3/b8-6-. The van der Waals surface area contributed by atoms with Crippen LogP contribution in [0.5, 0.6) is 0 Å². The predicted molar refractivity (Wildman–Crippen MR) is 43.9 cm³/mol. The van der Waals surface area contributed by atoms with Crippen molar-refractivity contribution in [3.63, 3.8) is 0 Å². The Balaban J connectivity index is 4.02. The first-order valence-corrected chi connectivity index (χ1v) is 3.77. The summed E-state index contributed by atoms with van der Waals surface area (Å²) in [5.74, 6) is 0.712. The second kappa shape index (κ2) is 4.26. The van der Waals surface area contributed by atoms with E-state index < -0.39 is 0 Å². The summed E-state index contributed by atoms with van der Waals surface area (Å²) in [7, 11) is 0. The third-order valence-corrected chi connectivity index (χ3v) is 1.73. The van der Waals surface area contributed by atoms with Crippen molar-refractivity contribution >= 4 is 5.78 Å². The van der Waals surface area contributed by atoms with Crippen molar-refractivity contribution in [1.82, 2.24) is 0 Å². The van der Waals surface area contributed by atoms with Crippen molar-refractivity contribution in [1.29, 1.82) is 0 Å². The fourth-order valence-corrected chi connectivity index (χ4v) is 0.662. The highest BCUT2D eigenvalue weighted by atomic mass is 16.1. The van der Waals surface area contributed by atoms with Crippen LogP contribution in [0.4, 0.5) is 0 Å². The molecule has 0 radical (unpaired) electrons. The topological polar surface area (TPSA) is 17.1 Å². The third-order valence-electron chi connectivity index (χ3n) is 1.73. The molecule has 1 nitrogen and oxygen atoms in total. The van der Waals surface area contributed by atoms with Gasteiger partial charge in [0.1, 0.15) is 0 Å². The van der Waals surface area contributed by atoms with Gasteiger partial charge in [-0.3, -0.25) is 4.79 Å². The van der Waals surface area contributed by atoms with Gasteiger partial charge in [-0.15, -0.1) is 0 Å². The summed E-state index contributed by atoms with van der Waals surface area (Å²) in [5.41, 5.74) is 0.884. The van der Waals surface area contributed by atoms with Crippen LogP contribution < -0.4 is 0 Å². The molecule has 1 heteroatoms. The van der Waals surface area contributed by atoms with E-state index in [2.05, 4.69) is 13.8 Å². The Morgan fingerprint density at radius 3 is 2.30 bits per heavy atom. The van der Waals surface area contributed by atoms with Crippen LogP contribution >= 0.6 is 0 Å². The molecule has 0 aromatic heterocycles. The highest BCUT2D eigenvalue weighted by Crippen LogP contribution is 2.06. The quantitative estimate of drug-likeness (QED) is 0.551. The molecule has 1 atom stereocenters. The van der Waals surface area contributed by atoms with Gasteiger partial charge in [0.15, 0.2) is 5.78 Å². The van der Waals surface area contributed by atoms with Gasteiger partial charge in [-0.1, -0.05) is 26.3 Å². The van der Waals surface area contributed by atoms with Crippen LogP contribution in [-0.2, 0) is 4.79 Å². The van der Waals surface area contributed by atoms with E-state index in [0.29, 0.717) is 5.92 Å². The second-order valence-corrected chi connectivity index (χ2v) is 2.79. The Hall–Kier alpha value is -0.590. The van der Waals surface area contributed by atoms with E-state index in [0.717, 1.165) is 12.0 Å². The van der Waals surface area contributed by atoms with Gasteiger partial charge in [-0.05, 0) is 25.3 Å². The summed E-state index contributed by atoms with van der Waals surface area (Å²) in [5, 5.41) is 0. The van der Waals surface area contributed by atoms with E-state index in [1.165, 1.54) is 0 Å². The number of hydrogen-bond acceptors (Lipinski definition) is 1. The first-order valence-electron chi connectivity index (χ1n) is 3.77. The lowest BCUT2D eigenvalue weighted by atomic mass is 10.0. The number of carbonyl (C=O) groups excluding carboxylic acids is 1. The second-order valence-electron chi connectivity index (χ2n) is 2.79. The fraction of sp³-hybridized carbons (Fsp3) is 0.667. The van der Waals surface area contributed by atoms with Gasteiger partial charge in [0.25, 0.3) is 0 Å². The largest absolute Gasteiger partial charge is 0.295 e. The van der Waals surface area contributed by atoms with Crippen LogP contribution in [0.2, 0.25) is 0 Å². The monoisotopic (exact) mass is 140 g/mol. The number of ketones is 1. The number of rotatable bonds is 3. The van der Waals surface area contributed by atoms with Crippen LogP contribution in [0.15, 0.2) is 11.6 Å². The predicted octanol–water partition coefficient (Wildman–Crippen LogP) is 2.57. The van der Waals surface area contributed by atoms with Crippen molar-refractivity contribution in [2.24, 2.45) is 5.92 Å². The number of allylic oxidation sites excluding steroid dienone is 2. The lowest BCUT2D eigenvalue weighted by Crippen LogP contribution is -1.95. The summed E-state index contributed by atoms with van der Waals surface area (Å²) in [6, 6.07) is 0. The molecule has 0 aromatic rings. The molecule has 0 bridgehead atoms. The van der Waals surface area contributed by atoms with Gasteiger partial charge in [0.05, 0.1) is 0 Å². The molecule has 10 heavy (non-hydrogen) atoms. The van der Waals surface area contributed by atoms with Crippen LogP contribution in [0.1, 0.15) is 34.1 Å². The molecule has 0 heterocycles. The molecule has 0 aliphatic heterocycles. The third kappa shape index (κ3) is 3.44. The SMILES string of the molecule is CCC(C)/C=C(/C)C(C)=O. The average Bonchev–Trinajstić information content (AvgIpc) is 1.87. The molecule has 0 fully saturated rings. The molecular weight excluding hydrogens is 124 g/mol. The summed E-state index contributed by atoms with van der Waals surface area (Å²) < 4.78 is 0. The van der Waals surface area contributed by atoms with Crippen molar-refractivity contribution < 1.29 is 4.79 Å². The van der Waals surface area contributed by atoms with E-state index in [1.807, 2.05) is 13.0 Å². The molecule has 1 unspecified atom stereocenters. The highest BCUT2D eigenvalue weighted by molar-refractivity contribution is 5.92. The Bertz CT molecular complexity index is 145. The molecule has 0 aliphatic rings.